The fourth-order valence-electron chi connectivity index (χ4n) is 2.46. The number of hydrogen-bond donors (Lipinski definition) is 1. The van der Waals surface area contributed by atoms with Crippen molar-refractivity contribution < 1.29 is 4.74 Å². The van der Waals surface area contributed by atoms with Gasteiger partial charge < -0.3 is 10.5 Å². The Morgan fingerprint density at radius 1 is 1.38 bits per heavy atom. The highest BCUT2D eigenvalue weighted by molar-refractivity contribution is 4.82. The van der Waals surface area contributed by atoms with Crippen LogP contribution in [-0.4, -0.2) is 43.8 Å². The van der Waals surface area contributed by atoms with Gasteiger partial charge in [-0.2, -0.15) is 0 Å². The van der Waals surface area contributed by atoms with Crippen LogP contribution in [0.15, 0.2) is 0 Å². The number of rotatable bonds is 3. The molecule has 2 aliphatic rings. The molecule has 13 heavy (non-hydrogen) atoms. The van der Waals surface area contributed by atoms with Crippen molar-refractivity contribution in [2.24, 2.45) is 11.7 Å². The van der Waals surface area contributed by atoms with Gasteiger partial charge in [0.2, 0.25) is 0 Å². The smallest absolute Gasteiger partial charge is 0.0507 e. The summed E-state index contributed by atoms with van der Waals surface area (Å²) >= 11 is 0. The number of hydrogen-bond acceptors (Lipinski definition) is 3. The molecule has 2 fully saturated rings. The highest BCUT2D eigenvalue weighted by Gasteiger charge is 2.27. The van der Waals surface area contributed by atoms with E-state index in [4.69, 9.17) is 10.5 Å². The molecular formula is C10H20N2O. The molecule has 3 nitrogen and oxygen atoms in total. The van der Waals surface area contributed by atoms with E-state index in [9.17, 15) is 0 Å². The molecule has 2 aliphatic heterocycles. The molecule has 0 bridgehead atoms. The first kappa shape index (κ1) is 9.44. The molecule has 2 rings (SSSR count). The summed E-state index contributed by atoms with van der Waals surface area (Å²) in [5.74, 6) is 0.771. The average Bonchev–Trinajstić information content (AvgIpc) is 2.76. The van der Waals surface area contributed by atoms with E-state index in [-0.39, 0.29) is 0 Å². The van der Waals surface area contributed by atoms with Gasteiger partial charge in [-0.1, -0.05) is 0 Å². The summed E-state index contributed by atoms with van der Waals surface area (Å²) < 4.78 is 5.38. The Labute approximate surface area is 80.2 Å². The lowest BCUT2D eigenvalue weighted by Gasteiger charge is -2.25. The average molecular weight is 184 g/mol. The number of ether oxygens (including phenoxy) is 1. The van der Waals surface area contributed by atoms with Crippen molar-refractivity contribution in [1.29, 1.82) is 0 Å². The monoisotopic (exact) mass is 184 g/mol. The molecule has 0 aromatic carbocycles. The van der Waals surface area contributed by atoms with Crippen molar-refractivity contribution in [2.45, 2.75) is 25.3 Å². The molecule has 0 amide bonds. The largest absolute Gasteiger partial charge is 0.381 e. The van der Waals surface area contributed by atoms with Gasteiger partial charge in [-0.3, -0.25) is 4.90 Å². The van der Waals surface area contributed by atoms with Crippen LogP contribution in [0.3, 0.4) is 0 Å². The minimum absolute atomic E-state index is 0.653. The van der Waals surface area contributed by atoms with Crippen LogP contribution in [0.25, 0.3) is 0 Å². The molecule has 0 aromatic heterocycles. The highest BCUT2D eigenvalue weighted by atomic mass is 16.5. The highest BCUT2D eigenvalue weighted by Crippen LogP contribution is 2.21. The van der Waals surface area contributed by atoms with Crippen LogP contribution in [0.1, 0.15) is 19.3 Å². The van der Waals surface area contributed by atoms with Crippen molar-refractivity contribution in [1.82, 2.24) is 4.90 Å². The first-order valence-electron chi connectivity index (χ1n) is 5.42. The molecule has 3 heteroatoms. The lowest BCUT2D eigenvalue weighted by molar-refractivity contribution is 0.163. The minimum atomic E-state index is 0.653. The van der Waals surface area contributed by atoms with E-state index in [1.54, 1.807) is 0 Å². The van der Waals surface area contributed by atoms with Gasteiger partial charge in [0.15, 0.2) is 0 Å². The van der Waals surface area contributed by atoms with Crippen LogP contribution >= 0.6 is 0 Å². The normalized spacial score (nSPS) is 35.8. The van der Waals surface area contributed by atoms with Gasteiger partial charge in [0.05, 0.1) is 6.61 Å². The number of nitrogens with zero attached hydrogens (tertiary/aromatic N) is 1. The van der Waals surface area contributed by atoms with Crippen LogP contribution in [0.5, 0.6) is 0 Å². The third kappa shape index (κ3) is 2.22. The number of likely N-dealkylation sites (tertiary alicyclic amines) is 1. The summed E-state index contributed by atoms with van der Waals surface area (Å²) in [6.07, 6.45) is 3.87. The van der Waals surface area contributed by atoms with Gasteiger partial charge in [0.25, 0.3) is 0 Å². The molecule has 76 valence electrons. The first-order valence-corrected chi connectivity index (χ1v) is 5.42. The van der Waals surface area contributed by atoms with E-state index < -0.39 is 0 Å². The Kier molecular flexibility index (Phi) is 3.19. The summed E-state index contributed by atoms with van der Waals surface area (Å²) in [6, 6.07) is 0.653. The second-order valence-corrected chi connectivity index (χ2v) is 4.26. The van der Waals surface area contributed by atoms with E-state index in [2.05, 4.69) is 4.90 Å². The third-order valence-electron chi connectivity index (χ3n) is 3.29. The van der Waals surface area contributed by atoms with Crippen molar-refractivity contribution in [3.8, 4) is 0 Å². The minimum Gasteiger partial charge on any atom is -0.381 e. The predicted molar refractivity (Wildman–Crippen MR) is 52.6 cm³/mol. The van der Waals surface area contributed by atoms with Gasteiger partial charge in [0.1, 0.15) is 0 Å². The van der Waals surface area contributed by atoms with Crippen molar-refractivity contribution in [3.63, 3.8) is 0 Å². The molecule has 0 aliphatic carbocycles. The van der Waals surface area contributed by atoms with Crippen molar-refractivity contribution in [3.05, 3.63) is 0 Å². The maximum atomic E-state index is 5.73. The SMILES string of the molecule is NCC1CCCN1CC1CCOC1. The molecule has 2 atom stereocenters. The van der Waals surface area contributed by atoms with Gasteiger partial charge >= 0.3 is 0 Å². The lowest BCUT2D eigenvalue weighted by Crippen LogP contribution is -2.38. The van der Waals surface area contributed by atoms with Gasteiger partial charge in [0, 0.05) is 25.7 Å². The van der Waals surface area contributed by atoms with Gasteiger partial charge in [-0.25, -0.2) is 0 Å². The third-order valence-corrected chi connectivity index (χ3v) is 3.29. The molecule has 2 N–H and O–H groups in total. The molecule has 0 aromatic rings. The Morgan fingerprint density at radius 2 is 2.31 bits per heavy atom. The first-order chi connectivity index (χ1) is 6.40. The van der Waals surface area contributed by atoms with Crippen molar-refractivity contribution in [2.75, 3.05) is 32.8 Å². The molecular weight excluding hydrogens is 164 g/mol. The molecule has 0 radical (unpaired) electrons. The zero-order chi connectivity index (χ0) is 9.10. The molecule has 2 unspecified atom stereocenters. The van der Waals surface area contributed by atoms with Crippen LogP contribution in [0.4, 0.5) is 0 Å². The van der Waals surface area contributed by atoms with E-state index in [0.717, 1.165) is 25.7 Å². The maximum Gasteiger partial charge on any atom is 0.0507 e. The Morgan fingerprint density at radius 3 is 3.00 bits per heavy atom. The zero-order valence-electron chi connectivity index (χ0n) is 8.24. The summed E-state index contributed by atoms with van der Waals surface area (Å²) in [5, 5.41) is 0. The molecule has 2 heterocycles. The summed E-state index contributed by atoms with van der Waals surface area (Å²) in [6.45, 7) is 5.22. The standard InChI is InChI=1S/C10H20N2O/c11-6-10-2-1-4-12(10)7-9-3-5-13-8-9/h9-10H,1-8,11H2. The fourth-order valence-corrected chi connectivity index (χ4v) is 2.46. The van der Waals surface area contributed by atoms with Crippen LogP contribution in [0.2, 0.25) is 0 Å². The van der Waals surface area contributed by atoms with E-state index in [0.29, 0.717) is 6.04 Å². The lowest BCUT2D eigenvalue weighted by atomic mass is 10.1. The quantitative estimate of drug-likeness (QED) is 0.692. The Bertz CT molecular complexity index is 157. The van der Waals surface area contributed by atoms with E-state index in [1.807, 2.05) is 0 Å². The van der Waals surface area contributed by atoms with Crippen LogP contribution < -0.4 is 5.73 Å². The summed E-state index contributed by atoms with van der Waals surface area (Å²) in [5.41, 5.74) is 5.73. The van der Waals surface area contributed by atoms with E-state index in [1.165, 1.54) is 32.4 Å². The van der Waals surface area contributed by atoms with E-state index >= 15 is 0 Å². The fraction of sp³-hybridized carbons (Fsp3) is 1.00. The van der Waals surface area contributed by atoms with Crippen molar-refractivity contribution >= 4 is 0 Å². The Hall–Kier alpha value is -0.120. The second-order valence-electron chi connectivity index (χ2n) is 4.26. The second kappa shape index (κ2) is 4.40. The van der Waals surface area contributed by atoms with Crippen LogP contribution in [0, 0.1) is 5.92 Å². The van der Waals surface area contributed by atoms with Crippen LogP contribution in [-0.2, 0) is 4.74 Å². The van der Waals surface area contributed by atoms with Gasteiger partial charge in [-0.05, 0) is 31.7 Å². The topological polar surface area (TPSA) is 38.5 Å². The maximum absolute atomic E-state index is 5.73. The Balaban J connectivity index is 1.79. The number of nitrogens with two attached hydrogens (primary N) is 1. The molecule has 0 spiro atoms. The summed E-state index contributed by atoms with van der Waals surface area (Å²) in [4.78, 5) is 2.55. The molecule has 2 saturated heterocycles. The summed E-state index contributed by atoms with van der Waals surface area (Å²) in [7, 11) is 0. The zero-order valence-corrected chi connectivity index (χ0v) is 8.24. The predicted octanol–water partition coefficient (Wildman–Crippen LogP) is 0.446. The molecule has 0 saturated carbocycles. The van der Waals surface area contributed by atoms with Gasteiger partial charge in [-0.15, -0.1) is 0 Å².